The Morgan fingerprint density at radius 1 is 1.03 bits per heavy atom. The van der Waals surface area contributed by atoms with Gasteiger partial charge in [0.2, 0.25) is 0 Å². The van der Waals surface area contributed by atoms with E-state index in [1.165, 1.54) is 53.1 Å². The molecule has 0 atom stereocenters. The average molecular weight is 561 g/mol. The van der Waals surface area contributed by atoms with Crippen LogP contribution in [0.5, 0.6) is 5.75 Å². The molecule has 13 heteroatoms. The number of nitrogens with zero attached hydrogens (tertiary/aromatic N) is 6. The van der Waals surface area contributed by atoms with Gasteiger partial charge in [-0.1, -0.05) is 53.7 Å². The molecule has 194 valence electrons. The molecule has 38 heavy (non-hydrogen) atoms. The summed E-state index contributed by atoms with van der Waals surface area (Å²) in [5.41, 5.74) is 2.32. The fraction of sp³-hybridized carbons (Fsp3) is 0.120. The van der Waals surface area contributed by atoms with Crippen molar-refractivity contribution >= 4 is 40.4 Å². The predicted octanol–water partition coefficient (Wildman–Crippen LogP) is 6.57. The Morgan fingerprint density at radius 2 is 1.79 bits per heavy atom. The second-order valence-corrected chi connectivity index (χ2v) is 9.34. The van der Waals surface area contributed by atoms with E-state index in [1.807, 2.05) is 24.3 Å². The number of rotatable bonds is 6. The minimum absolute atomic E-state index is 0.287. The molecule has 0 spiro atoms. The Balaban J connectivity index is 1.26. The van der Waals surface area contributed by atoms with E-state index in [0.29, 0.717) is 28.2 Å². The van der Waals surface area contributed by atoms with Crippen LogP contribution in [0.1, 0.15) is 5.56 Å². The van der Waals surface area contributed by atoms with Gasteiger partial charge >= 0.3 is 6.36 Å². The van der Waals surface area contributed by atoms with Crippen LogP contribution in [0.4, 0.5) is 23.2 Å². The second-order valence-electron chi connectivity index (χ2n) is 7.87. The Kier molecular flexibility index (Phi) is 7.34. The van der Waals surface area contributed by atoms with Gasteiger partial charge in [0, 0.05) is 17.9 Å². The first kappa shape index (κ1) is 25.7. The summed E-state index contributed by atoms with van der Waals surface area (Å²) < 4.78 is 56.7. The highest BCUT2D eigenvalue weighted by Crippen LogP contribution is 2.34. The van der Waals surface area contributed by atoms with Gasteiger partial charge in [0.15, 0.2) is 11.0 Å². The van der Waals surface area contributed by atoms with Crippen LogP contribution in [0.3, 0.4) is 0 Å². The van der Waals surface area contributed by atoms with E-state index in [9.17, 15) is 17.6 Å². The van der Waals surface area contributed by atoms with Crippen LogP contribution in [0, 0.1) is 5.82 Å². The van der Waals surface area contributed by atoms with Gasteiger partial charge in [0.05, 0.1) is 22.6 Å². The molecule has 3 aromatic carbocycles. The number of hydrogen-bond acceptors (Lipinski definition) is 6. The van der Waals surface area contributed by atoms with E-state index in [-0.39, 0.29) is 11.4 Å². The van der Waals surface area contributed by atoms with Gasteiger partial charge in [-0.3, -0.25) is 0 Å². The molecule has 0 N–H and O–H groups in total. The zero-order valence-electron chi connectivity index (χ0n) is 19.3. The first-order valence-corrected chi connectivity index (χ1v) is 12.5. The molecule has 5 rings (SSSR count). The van der Waals surface area contributed by atoms with Crippen molar-refractivity contribution in [2.45, 2.75) is 6.36 Å². The van der Waals surface area contributed by atoms with Crippen molar-refractivity contribution < 1.29 is 22.3 Å². The van der Waals surface area contributed by atoms with Crippen LogP contribution in [0.2, 0.25) is 5.02 Å². The van der Waals surface area contributed by atoms with Crippen molar-refractivity contribution in [3.05, 3.63) is 89.5 Å². The third kappa shape index (κ3) is 5.97. The molecule has 0 saturated carbocycles. The number of aromatic nitrogens is 3. The summed E-state index contributed by atoms with van der Waals surface area (Å²) in [6.45, 7) is 0.569. The Morgan fingerprint density at radius 3 is 2.50 bits per heavy atom. The molecule has 1 fully saturated rings. The molecular formula is C25H17ClF4N6OS. The largest absolute Gasteiger partial charge is 0.573 e. The third-order valence-electron chi connectivity index (χ3n) is 5.33. The lowest BCUT2D eigenvalue weighted by Gasteiger charge is -2.19. The van der Waals surface area contributed by atoms with Gasteiger partial charge in [-0.2, -0.15) is 5.10 Å². The topological polar surface area (TPSA) is 67.9 Å². The van der Waals surface area contributed by atoms with Crippen LogP contribution in [-0.2, 0) is 0 Å². The zero-order chi connectivity index (χ0) is 26.7. The maximum absolute atomic E-state index is 14.3. The molecular weight excluding hydrogens is 544 g/mol. The van der Waals surface area contributed by atoms with E-state index < -0.39 is 12.2 Å². The van der Waals surface area contributed by atoms with Crippen molar-refractivity contribution in [2.75, 3.05) is 17.2 Å². The molecule has 1 saturated heterocycles. The van der Waals surface area contributed by atoms with Gasteiger partial charge in [-0.15, -0.1) is 23.4 Å². The quantitative estimate of drug-likeness (QED) is 0.152. The van der Waals surface area contributed by atoms with Gasteiger partial charge in [0.1, 0.15) is 17.9 Å². The van der Waals surface area contributed by atoms with Gasteiger partial charge < -0.3 is 9.64 Å². The summed E-state index contributed by atoms with van der Waals surface area (Å²) in [7, 11) is 0. The number of halogens is 5. The monoisotopic (exact) mass is 560 g/mol. The highest BCUT2D eigenvalue weighted by Gasteiger charge is 2.31. The Bertz CT molecular complexity index is 1470. The first-order valence-electron chi connectivity index (χ1n) is 11.1. The molecule has 0 unspecified atom stereocenters. The van der Waals surface area contributed by atoms with Crippen LogP contribution < -0.4 is 9.64 Å². The van der Waals surface area contributed by atoms with Crippen molar-refractivity contribution in [1.29, 1.82) is 0 Å². The number of thioether (sulfide) groups is 1. The SMILES string of the molecule is Fc1cccc(Cl)c1N1CCSC1=NN=Cc1ccc(-c2ncn(-c3ccc(OC(F)(F)F)cc3)n2)cc1. The molecule has 0 radical (unpaired) electrons. The molecule has 1 aliphatic rings. The molecule has 0 amide bonds. The number of benzene rings is 3. The number of anilines is 1. The summed E-state index contributed by atoms with van der Waals surface area (Å²) in [5, 5.41) is 13.7. The highest BCUT2D eigenvalue weighted by atomic mass is 35.5. The van der Waals surface area contributed by atoms with Gasteiger partial charge in [0.25, 0.3) is 0 Å². The van der Waals surface area contributed by atoms with Crippen molar-refractivity contribution in [3.8, 4) is 22.8 Å². The fourth-order valence-electron chi connectivity index (χ4n) is 3.62. The standard InChI is InChI=1S/C25H17ClF4N6OS/c26-20-2-1-3-21(27)22(20)35-12-13-38-24(35)33-32-14-16-4-6-17(7-5-16)23-31-15-36(34-23)18-8-10-19(11-9-18)37-25(28,29)30/h1-11,14-15H,12-13H2. The maximum atomic E-state index is 14.3. The molecule has 7 nitrogen and oxygen atoms in total. The minimum Gasteiger partial charge on any atom is -0.406 e. The van der Waals surface area contributed by atoms with Crippen molar-refractivity contribution in [3.63, 3.8) is 0 Å². The highest BCUT2D eigenvalue weighted by molar-refractivity contribution is 8.14. The second kappa shape index (κ2) is 10.8. The molecule has 1 aromatic heterocycles. The van der Waals surface area contributed by atoms with Crippen molar-refractivity contribution in [2.24, 2.45) is 10.2 Å². The van der Waals surface area contributed by atoms with E-state index in [1.54, 1.807) is 23.2 Å². The van der Waals surface area contributed by atoms with Gasteiger partial charge in [-0.25, -0.2) is 14.1 Å². The number of para-hydroxylation sites is 1. The summed E-state index contributed by atoms with van der Waals surface area (Å²) in [6, 6.07) is 17.1. The average Bonchev–Trinajstić information content (AvgIpc) is 3.55. The van der Waals surface area contributed by atoms with E-state index in [0.717, 1.165) is 16.9 Å². The summed E-state index contributed by atoms with van der Waals surface area (Å²) in [5.74, 6) is 0.429. The van der Waals surface area contributed by atoms with E-state index in [4.69, 9.17) is 11.6 Å². The Hall–Kier alpha value is -3.90. The molecule has 0 aliphatic carbocycles. The van der Waals surface area contributed by atoms with Gasteiger partial charge in [-0.05, 0) is 42.0 Å². The third-order valence-corrected chi connectivity index (χ3v) is 6.58. The number of hydrogen-bond donors (Lipinski definition) is 0. The molecule has 4 aromatic rings. The number of alkyl halides is 3. The molecule has 1 aliphatic heterocycles. The van der Waals surface area contributed by atoms with Crippen LogP contribution >= 0.6 is 23.4 Å². The van der Waals surface area contributed by atoms with E-state index >= 15 is 0 Å². The first-order chi connectivity index (χ1) is 18.3. The van der Waals surface area contributed by atoms with Crippen LogP contribution in [0.15, 0.2) is 83.3 Å². The summed E-state index contributed by atoms with van der Waals surface area (Å²) in [6.07, 6.45) is -1.71. The molecule has 2 heterocycles. The number of amidine groups is 1. The number of ether oxygens (including phenoxy) is 1. The summed E-state index contributed by atoms with van der Waals surface area (Å²) in [4.78, 5) is 5.99. The fourth-order valence-corrected chi connectivity index (χ4v) is 4.79. The predicted molar refractivity (Wildman–Crippen MR) is 140 cm³/mol. The van der Waals surface area contributed by atoms with Crippen molar-refractivity contribution in [1.82, 2.24) is 14.8 Å². The molecule has 0 bridgehead atoms. The van der Waals surface area contributed by atoms with Crippen LogP contribution in [0.25, 0.3) is 17.1 Å². The Labute approximate surface area is 223 Å². The van der Waals surface area contributed by atoms with E-state index in [2.05, 4.69) is 25.0 Å². The smallest absolute Gasteiger partial charge is 0.406 e. The summed E-state index contributed by atoms with van der Waals surface area (Å²) >= 11 is 7.66. The zero-order valence-corrected chi connectivity index (χ0v) is 20.9. The lowest BCUT2D eigenvalue weighted by molar-refractivity contribution is -0.274. The lowest BCUT2D eigenvalue weighted by atomic mass is 10.1. The minimum atomic E-state index is -4.75. The lowest BCUT2D eigenvalue weighted by Crippen LogP contribution is -2.24. The van der Waals surface area contributed by atoms with Crippen LogP contribution in [-0.4, -0.2) is 44.8 Å². The normalized spacial score (nSPS) is 15.1. The maximum Gasteiger partial charge on any atom is 0.573 e.